The first-order valence-corrected chi connectivity index (χ1v) is 7.14. The first kappa shape index (κ1) is 13.4. The van der Waals surface area contributed by atoms with Crippen LogP contribution in [-0.2, 0) is 6.54 Å². The summed E-state index contributed by atoms with van der Waals surface area (Å²) in [6, 6.07) is 10.2. The van der Waals surface area contributed by atoms with Crippen molar-refractivity contribution < 1.29 is 0 Å². The van der Waals surface area contributed by atoms with Crippen LogP contribution in [0.2, 0.25) is 0 Å². The Morgan fingerprint density at radius 1 is 1.14 bits per heavy atom. The van der Waals surface area contributed by atoms with Crippen LogP contribution in [0, 0.1) is 6.92 Å². The molecule has 0 radical (unpaired) electrons. The third-order valence-electron chi connectivity index (χ3n) is 3.49. The summed E-state index contributed by atoms with van der Waals surface area (Å²) in [6.45, 7) is 4.87. The molecule has 2 heterocycles. The van der Waals surface area contributed by atoms with Gasteiger partial charge in [-0.25, -0.2) is 9.36 Å². The standard InChI is InChI=1S/C16H19N5/c1-3-9-20-16(15(17)12(2)19-20)21-11-14(10-18-21)13-7-5-4-6-8-13/h4-8,10-11H,3,9,17H2,1-2H3. The summed E-state index contributed by atoms with van der Waals surface area (Å²) in [5.41, 5.74) is 9.90. The minimum absolute atomic E-state index is 0.686. The zero-order valence-electron chi connectivity index (χ0n) is 12.3. The van der Waals surface area contributed by atoms with Gasteiger partial charge in [0, 0.05) is 18.3 Å². The maximum absolute atomic E-state index is 6.17. The highest BCUT2D eigenvalue weighted by molar-refractivity contribution is 5.63. The molecule has 2 aromatic heterocycles. The molecule has 0 unspecified atom stereocenters. The zero-order chi connectivity index (χ0) is 14.8. The lowest BCUT2D eigenvalue weighted by molar-refractivity contribution is 0.574. The van der Waals surface area contributed by atoms with Gasteiger partial charge >= 0.3 is 0 Å². The fraction of sp³-hybridized carbons (Fsp3) is 0.250. The highest BCUT2D eigenvalue weighted by Crippen LogP contribution is 2.24. The lowest BCUT2D eigenvalue weighted by Crippen LogP contribution is -2.09. The SMILES string of the molecule is CCCn1nc(C)c(N)c1-n1cc(-c2ccccc2)cn1. The molecule has 0 aliphatic rings. The Labute approximate surface area is 124 Å². The summed E-state index contributed by atoms with van der Waals surface area (Å²) in [7, 11) is 0. The maximum Gasteiger partial charge on any atom is 0.175 e. The quantitative estimate of drug-likeness (QED) is 0.799. The summed E-state index contributed by atoms with van der Waals surface area (Å²) in [6.07, 6.45) is 4.85. The molecule has 5 heteroatoms. The van der Waals surface area contributed by atoms with Crippen molar-refractivity contribution in [2.45, 2.75) is 26.8 Å². The summed E-state index contributed by atoms with van der Waals surface area (Å²) >= 11 is 0. The summed E-state index contributed by atoms with van der Waals surface area (Å²) in [4.78, 5) is 0. The molecule has 0 atom stereocenters. The highest BCUT2D eigenvalue weighted by Gasteiger charge is 2.15. The van der Waals surface area contributed by atoms with Crippen molar-refractivity contribution >= 4 is 5.69 Å². The van der Waals surface area contributed by atoms with Crippen molar-refractivity contribution in [2.24, 2.45) is 0 Å². The molecule has 0 amide bonds. The average Bonchev–Trinajstić information content (AvgIpc) is 3.07. The molecule has 0 aliphatic carbocycles. The van der Waals surface area contributed by atoms with Crippen LogP contribution < -0.4 is 5.73 Å². The fourth-order valence-corrected chi connectivity index (χ4v) is 2.41. The number of hydrogen-bond acceptors (Lipinski definition) is 3. The van der Waals surface area contributed by atoms with Crippen LogP contribution in [-0.4, -0.2) is 19.6 Å². The lowest BCUT2D eigenvalue weighted by atomic mass is 10.1. The Kier molecular flexibility index (Phi) is 3.48. The van der Waals surface area contributed by atoms with E-state index in [9.17, 15) is 0 Å². The second-order valence-electron chi connectivity index (χ2n) is 5.09. The van der Waals surface area contributed by atoms with Gasteiger partial charge in [0.25, 0.3) is 0 Å². The zero-order valence-corrected chi connectivity index (χ0v) is 12.3. The van der Waals surface area contributed by atoms with Gasteiger partial charge in [-0.3, -0.25) is 0 Å². The molecular formula is C16H19N5. The molecule has 21 heavy (non-hydrogen) atoms. The average molecular weight is 281 g/mol. The molecule has 0 saturated heterocycles. The number of nitrogens with zero attached hydrogens (tertiary/aromatic N) is 4. The normalized spacial score (nSPS) is 11.0. The van der Waals surface area contributed by atoms with Crippen LogP contribution in [0.1, 0.15) is 19.0 Å². The molecule has 0 bridgehead atoms. The second-order valence-corrected chi connectivity index (χ2v) is 5.09. The number of rotatable bonds is 4. The van der Waals surface area contributed by atoms with E-state index >= 15 is 0 Å². The number of nitrogen functional groups attached to an aromatic ring is 1. The van der Waals surface area contributed by atoms with Crippen molar-refractivity contribution in [3.05, 3.63) is 48.4 Å². The predicted molar refractivity (Wildman–Crippen MR) is 84.2 cm³/mol. The van der Waals surface area contributed by atoms with Crippen molar-refractivity contribution in [3.8, 4) is 16.9 Å². The number of aryl methyl sites for hydroxylation is 2. The molecule has 0 spiro atoms. The topological polar surface area (TPSA) is 61.7 Å². The Morgan fingerprint density at radius 3 is 2.62 bits per heavy atom. The molecule has 0 fully saturated rings. The van der Waals surface area contributed by atoms with Gasteiger partial charge in [-0.1, -0.05) is 37.3 Å². The molecule has 3 aromatic rings. The molecule has 3 rings (SSSR count). The van der Waals surface area contributed by atoms with Crippen LogP contribution in [0.15, 0.2) is 42.7 Å². The largest absolute Gasteiger partial charge is 0.394 e. The Morgan fingerprint density at radius 2 is 1.90 bits per heavy atom. The minimum atomic E-state index is 0.686. The van der Waals surface area contributed by atoms with Gasteiger partial charge in [0.15, 0.2) is 5.82 Å². The summed E-state index contributed by atoms with van der Waals surface area (Å²) < 4.78 is 3.74. The van der Waals surface area contributed by atoms with Gasteiger partial charge in [-0.15, -0.1) is 0 Å². The van der Waals surface area contributed by atoms with Crippen molar-refractivity contribution in [2.75, 3.05) is 5.73 Å². The summed E-state index contributed by atoms with van der Waals surface area (Å²) in [5, 5.41) is 8.94. The molecular weight excluding hydrogens is 262 g/mol. The lowest BCUT2D eigenvalue weighted by Gasteiger charge is -2.06. The van der Waals surface area contributed by atoms with Crippen LogP contribution in [0.5, 0.6) is 0 Å². The smallest absolute Gasteiger partial charge is 0.175 e. The number of benzene rings is 1. The second kappa shape index (κ2) is 5.44. The number of anilines is 1. The minimum Gasteiger partial charge on any atom is -0.394 e. The van der Waals surface area contributed by atoms with E-state index in [0.717, 1.165) is 35.6 Å². The predicted octanol–water partition coefficient (Wildman–Crippen LogP) is 3.04. The van der Waals surface area contributed by atoms with Crippen molar-refractivity contribution in [1.82, 2.24) is 19.6 Å². The van der Waals surface area contributed by atoms with Gasteiger partial charge in [-0.2, -0.15) is 10.2 Å². The van der Waals surface area contributed by atoms with E-state index in [1.54, 1.807) is 0 Å². The summed E-state index contributed by atoms with van der Waals surface area (Å²) in [5.74, 6) is 0.844. The van der Waals surface area contributed by atoms with E-state index in [4.69, 9.17) is 5.73 Å². The molecule has 0 saturated carbocycles. The van der Waals surface area contributed by atoms with Crippen LogP contribution in [0.25, 0.3) is 16.9 Å². The highest BCUT2D eigenvalue weighted by atomic mass is 15.4. The van der Waals surface area contributed by atoms with Gasteiger partial charge in [0.2, 0.25) is 0 Å². The van der Waals surface area contributed by atoms with Gasteiger partial charge in [-0.05, 0) is 18.9 Å². The molecule has 108 valence electrons. The van der Waals surface area contributed by atoms with Crippen molar-refractivity contribution in [3.63, 3.8) is 0 Å². The first-order chi connectivity index (χ1) is 10.2. The molecule has 0 aliphatic heterocycles. The third kappa shape index (κ3) is 2.42. The molecule has 5 nitrogen and oxygen atoms in total. The first-order valence-electron chi connectivity index (χ1n) is 7.14. The van der Waals surface area contributed by atoms with Crippen molar-refractivity contribution in [1.29, 1.82) is 0 Å². The van der Waals surface area contributed by atoms with E-state index in [-0.39, 0.29) is 0 Å². The van der Waals surface area contributed by atoms with E-state index in [0.29, 0.717) is 5.69 Å². The third-order valence-corrected chi connectivity index (χ3v) is 3.49. The number of hydrogen-bond donors (Lipinski definition) is 1. The Bertz CT molecular complexity index is 739. The van der Waals surface area contributed by atoms with Gasteiger partial charge in [0.05, 0.1) is 17.6 Å². The van der Waals surface area contributed by atoms with E-state index in [1.165, 1.54) is 0 Å². The van der Waals surface area contributed by atoms with E-state index in [2.05, 4.69) is 29.3 Å². The number of nitrogens with two attached hydrogens (primary N) is 1. The van der Waals surface area contributed by atoms with E-state index in [1.807, 2.05) is 46.9 Å². The van der Waals surface area contributed by atoms with Crippen LogP contribution in [0.4, 0.5) is 5.69 Å². The van der Waals surface area contributed by atoms with Gasteiger partial charge in [0.1, 0.15) is 0 Å². The van der Waals surface area contributed by atoms with E-state index < -0.39 is 0 Å². The fourth-order valence-electron chi connectivity index (χ4n) is 2.41. The monoisotopic (exact) mass is 281 g/mol. The maximum atomic E-state index is 6.17. The molecule has 2 N–H and O–H groups in total. The van der Waals surface area contributed by atoms with Gasteiger partial charge < -0.3 is 5.73 Å². The number of aromatic nitrogens is 4. The van der Waals surface area contributed by atoms with Crippen LogP contribution in [0.3, 0.4) is 0 Å². The Hall–Kier alpha value is -2.56. The Balaban J connectivity index is 2.04. The molecule has 1 aromatic carbocycles. The van der Waals surface area contributed by atoms with Crippen LogP contribution >= 0.6 is 0 Å².